The van der Waals surface area contributed by atoms with Crippen molar-refractivity contribution in [3.05, 3.63) is 22.4 Å². The summed E-state index contributed by atoms with van der Waals surface area (Å²) in [6, 6.07) is 0. The van der Waals surface area contributed by atoms with Crippen molar-refractivity contribution in [2.75, 3.05) is 13.7 Å². The van der Waals surface area contributed by atoms with Gasteiger partial charge < -0.3 is 9.84 Å². The standard InChI is InChI=1S/C11H16BrNO2/c1-11(2,7-14)4-8-9(12)5-13-6-10(8)15-3/h5-6,14H,4,7H2,1-3H3. The van der Waals surface area contributed by atoms with E-state index in [1.54, 1.807) is 19.5 Å². The van der Waals surface area contributed by atoms with Gasteiger partial charge in [-0.3, -0.25) is 4.98 Å². The quantitative estimate of drug-likeness (QED) is 0.916. The summed E-state index contributed by atoms with van der Waals surface area (Å²) in [4.78, 5) is 4.04. The third-order valence-electron chi connectivity index (χ3n) is 2.27. The highest BCUT2D eigenvalue weighted by atomic mass is 79.9. The molecule has 1 N–H and O–H groups in total. The topological polar surface area (TPSA) is 42.4 Å². The molecule has 0 bridgehead atoms. The Morgan fingerprint density at radius 3 is 2.67 bits per heavy atom. The predicted molar refractivity (Wildman–Crippen MR) is 63.1 cm³/mol. The van der Waals surface area contributed by atoms with Gasteiger partial charge in [0.05, 0.1) is 13.3 Å². The van der Waals surface area contributed by atoms with Crippen molar-refractivity contribution in [2.24, 2.45) is 5.41 Å². The van der Waals surface area contributed by atoms with E-state index in [0.717, 1.165) is 22.2 Å². The Labute approximate surface area is 98.6 Å². The Balaban J connectivity index is 3.02. The maximum atomic E-state index is 9.24. The number of hydrogen-bond acceptors (Lipinski definition) is 3. The van der Waals surface area contributed by atoms with Crippen molar-refractivity contribution in [1.29, 1.82) is 0 Å². The van der Waals surface area contributed by atoms with Gasteiger partial charge in [0.2, 0.25) is 0 Å². The molecule has 0 saturated heterocycles. The lowest BCUT2D eigenvalue weighted by molar-refractivity contribution is 0.158. The summed E-state index contributed by atoms with van der Waals surface area (Å²) >= 11 is 3.45. The fourth-order valence-electron chi connectivity index (χ4n) is 1.33. The number of aliphatic hydroxyl groups excluding tert-OH is 1. The molecule has 0 spiro atoms. The van der Waals surface area contributed by atoms with Crippen molar-refractivity contribution >= 4 is 15.9 Å². The van der Waals surface area contributed by atoms with E-state index in [4.69, 9.17) is 4.74 Å². The molecule has 0 radical (unpaired) electrons. The lowest BCUT2D eigenvalue weighted by Crippen LogP contribution is -2.20. The summed E-state index contributed by atoms with van der Waals surface area (Å²) in [5.41, 5.74) is 0.892. The highest BCUT2D eigenvalue weighted by Crippen LogP contribution is 2.31. The monoisotopic (exact) mass is 273 g/mol. The number of nitrogens with zero attached hydrogens (tertiary/aromatic N) is 1. The number of ether oxygens (including phenoxy) is 1. The average molecular weight is 274 g/mol. The molecule has 0 atom stereocenters. The van der Waals surface area contributed by atoms with Crippen LogP contribution in [0.5, 0.6) is 5.75 Å². The van der Waals surface area contributed by atoms with E-state index in [2.05, 4.69) is 20.9 Å². The Morgan fingerprint density at radius 2 is 2.13 bits per heavy atom. The molecular weight excluding hydrogens is 258 g/mol. The highest BCUT2D eigenvalue weighted by molar-refractivity contribution is 9.10. The largest absolute Gasteiger partial charge is 0.495 e. The summed E-state index contributed by atoms with van der Waals surface area (Å²) < 4.78 is 6.16. The van der Waals surface area contributed by atoms with Crippen molar-refractivity contribution in [3.8, 4) is 5.75 Å². The average Bonchev–Trinajstić information content (AvgIpc) is 2.21. The normalized spacial score (nSPS) is 11.5. The minimum absolute atomic E-state index is 0.144. The molecule has 1 aromatic rings. The van der Waals surface area contributed by atoms with Crippen LogP contribution in [0, 0.1) is 5.41 Å². The molecule has 0 amide bonds. The summed E-state index contributed by atoms with van der Waals surface area (Å²) in [5, 5.41) is 9.24. The molecule has 0 aliphatic carbocycles. The van der Waals surface area contributed by atoms with Crippen LogP contribution in [-0.4, -0.2) is 23.8 Å². The zero-order valence-electron chi connectivity index (χ0n) is 9.25. The molecular formula is C11H16BrNO2. The van der Waals surface area contributed by atoms with E-state index < -0.39 is 0 Å². The van der Waals surface area contributed by atoms with Gasteiger partial charge in [0.1, 0.15) is 5.75 Å². The maximum absolute atomic E-state index is 9.24. The molecule has 1 aromatic heterocycles. The Hall–Kier alpha value is -0.610. The van der Waals surface area contributed by atoms with Crippen molar-refractivity contribution in [2.45, 2.75) is 20.3 Å². The minimum atomic E-state index is -0.156. The van der Waals surface area contributed by atoms with Gasteiger partial charge in [-0.25, -0.2) is 0 Å². The maximum Gasteiger partial charge on any atom is 0.141 e. The number of hydrogen-bond donors (Lipinski definition) is 1. The van der Waals surface area contributed by atoms with E-state index in [0.29, 0.717) is 0 Å². The van der Waals surface area contributed by atoms with E-state index in [1.807, 2.05) is 13.8 Å². The molecule has 0 aliphatic rings. The second kappa shape index (κ2) is 4.94. The smallest absolute Gasteiger partial charge is 0.141 e. The van der Waals surface area contributed by atoms with Gasteiger partial charge in [-0.15, -0.1) is 0 Å². The van der Waals surface area contributed by atoms with Gasteiger partial charge in [0.15, 0.2) is 0 Å². The van der Waals surface area contributed by atoms with Gasteiger partial charge in [-0.2, -0.15) is 0 Å². The van der Waals surface area contributed by atoms with E-state index >= 15 is 0 Å². The molecule has 0 aliphatic heterocycles. The third-order valence-corrected chi connectivity index (χ3v) is 2.95. The van der Waals surface area contributed by atoms with Crippen LogP contribution < -0.4 is 4.74 Å². The summed E-state index contributed by atoms with van der Waals surface area (Å²) in [6.45, 7) is 4.17. The number of pyridine rings is 1. The number of methoxy groups -OCH3 is 1. The fourth-order valence-corrected chi connectivity index (χ4v) is 1.78. The summed E-state index contributed by atoms with van der Waals surface area (Å²) in [5.74, 6) is 0.755. The van der Waals surface area contributed by atoms with E-state index in [-0.39, 0.29) is 12.0 Å². The van der Waals surface area contributed by atoms with Crippen LogP contribution in [0.1, 0.15) is 19.4 Å². The molecule has 0 fully saturated rings. The van der Waals surface area contributed by atoms with Gasteiger partial charge in [0.25, 0.3) is 0 Å². The molecule has 1 heterocycles. The molecule has 15 heavy (non-hydrogen) atoms. The number of halogens is 1. The summed E-state index contributed by atoms with van der Waals surface area (Å²) in [6.07, 6.45) is 4.18. The number of aromatic nitrogens is 1. The van der Waals surface area contributed by atoms with Gasteiger partial charge in [-0.05, 0) is 27.8 Å². The van der Waals surface area contributed by atoms with Crippen LogP contribution in [0.15, 0.2) is 16.9 Å². The van der Waals surface area contributed by atoms with Gasteiger partial charge in [0, 0.05) is 22.8 Å². The zero-order chi connectivity index (χ0) is 11.5. The minimum Gasteiger partial charge on any atom is -0.495 e. The first kappa shape index (κ1) is 12.5. The third kappa shape index (κ3) is 3.18. The Bertz CT molecular complexity index is 339. The highest BCUT2D eigenvalue weighted by Gasteiger charge is 2.21. The SMILES string of the molecule is COc1cncc(Br)c1CC(C)(C)CO. The molecule has 0 saturated carbocycles. The van der Waals surface area contributed by atoms with Crippen LogP contribution in [0.3, 0.4) is 0 Å². The molecule has 0 aromatic carbocycles. The molecule has 1 rings (SSSR count). The first-order chi connectivity index (χ1) is 7.00. The van der Waals surface area contributed by atoms with Crippen molar-refractivity contribution < 1.29 is 9.84 Å². The van der Waals surface area contributed by atoms with Gasteiger partial charge in [-0.1, -0.05) is 13.8 Å². The lowest BCUT2D eigenvalue weighted by Gasteiger charge is -2.23. The molecule has 84 valence electrons. The van der Waals surface area contributed by atoms with Crippen LogP contribution >= 0.6 is 15.9 Å². The lowest BCUT2D eigenvalue weighted by atomic mass is 9.87. The Morgan fingerprint density at radius 1 is 1.47 bits per heavy atom. The van der Waals surface area contributed by atoms with Gasteiger partial charge >= 0.3 is 0 Å². The van der Waals surface area contributed by atoms with Crippen LogP contribution in [0.4, 0.5) is 0 Å². The molecule has 4 heteroatoms. The molecule has 3 nitrogen and oxygen atoms in total. The van der Waals surface area contributed by atoms with Crippen molar-refractivity contribution in [3.63, 3.8) is 0 Å². The first-order valence-corrected chi connectivity index (χ1v) is 5.56. The second-order valence-electron chi connectivity index (χ2n) is 4.30. The van der Waals surface area contributed by atoms with Crippen molar-refractivity contribution in [1.82, 2.24) is 4.98 Å². The van der Waals surface area contributed by atoms with E-state index in [9.17, 15) is 5.11 Å². The zero-order valence-corrected chi connectivity index (χ0v) is 10.8. The van der Waals surface area contributed by atoms with Crippen LogP contribution in [-0.2, 0) is 6.42 Å². The Kier molecular flexibility index (Phi) is 4.11. The molecule has 0 unspecified atom stereocenters. The second-order valence-corrected chi connectivity index (χ2v) is 5.16. The number of rotatable bonds is 4. The predicted octanol–water partition coefficient (Wildman–Crippen LogP) is 2.41. The first-order valence-electron chi connectivity index (χ1n) is 4.77. The fraction of sp³-hybridized carbons (Fsp3) is 0.545. The summed E-state index contributed by atoms with van der Waals surface area (Å²) in [7, 11) is 1.62. The van der Waals surface area contributed by atoms with Crippen LogP contribution in [0.25, 0.3) is 0 Å². The number of aliphatic hydroxyl groups is 1. The van der Waals surface area contributed by atoms with E-state index in [1.165, 1.54) is 0 Å². The van der Waals surface area contributed by atoms with Crippen LogP contribution in [0.2, 0.25) is 0 Å².